The maximum absolute atomic E-state index is 11.3. The highest BCUT2D eigenvalue weighted by Gasteiger charge is 2.22. The van der Waals surface area contributed by atoms with Crippen LogP contribution in [0.3, 0.4) is 0 Å². The van der Waals surface area contributed by atoms with Crippen LogP contribution in [0.1, 0.15) is 32.1 Å². The summed E-state index contributed by atoms with van der Waals surface area (Å²) in [7, 11) is 0. The van der Waals surface area contributed by atoms with Gasteiger partial charge in [-0.1, -0.05) is 19.3 Å². The van der Waals surface area contributed by atoms with Gasteiger partial charge in [0, 0.05) is 4.53 Å². The monoisotopic (exact) mass is 146 g/mol. The van der Waals surface area contributed by atoms with Gasteiger partial charge in [-0.25, -0.2) is 4.79 Å². The Kier molecular flexibility index (Phi) is 2.66. The summed E-state index contributed by atoms with van der Waals surface area (Å²) in [6.07, 6.45) is 4.81. The summed E-state index contributed by atoms with van der Waals surface area (Å²) in [4.78, 5) is 13.7. The quantitative estimate of drug-likeness (QED) is 0.565. The molecule has 0 heterocycles. The Morgan fingerprint density at radius 2 is 1.90 bits per heavy atom. The van der Waals surface area contributed by atoms with Gasteiger partial charge in [-0.05, 0) is 12.8 Å². The Bertz CT molecular complexity index is 119. The molecule has 0 N–H and O–H groups in total. The molecule has 1 fully saturated rings. The molecule has 2 nitrogen and oxygen atoms in total. The molecule has 1 aliphatic rings. The number of rotatable bonds is 1. The van der Waals surface area contributed by atoms with E-state index in [0.717, 1.165) is 32.1 Å². The van der Waals surface area contributed by atoms with Crippen LogP contribution in [0.15, 0.2) is 0 Å². The van der Waals surface area contributed by atoms with Crippen molar-refractivity contribution < 1.29 is 14.3 Å². The molecule has 1 rings (SSSR count). The largest absolute Gasteiger partial charge is 0.351 e. The van der Waals surface area contributed by atoms with Crippen LogP contribution in [0.5, 0.6) is 0 Å². The summed E-state index contributed by atoms with van der Waals surface area (Å²) in [6.45, 7) is 0. The first-order valence-corrected chi connectivity index (χ1v) is 3.67. The van der Waals surface area contributed by atoms with Gasteiger partial charge in [-0.3, -0.25) is 4.94 Å². The Labute approximate surface area is 59.3 Å². The molecule has 0 aromatic carbocycles. The van der Waals surface area contributed by atoms with Gasteiger partial charge in [-0.2, -0.15) is 0 Å². The second kappa shape index (κ2) is 3.54. The third-order valence-electron chi connectivity index (χ3n) is 2.01. The van der Waals surface area contributed by atoms with Gasteiger partial charge in [0.15, 0.2) is 0 Å². The highest BCUT2D eigenvalue weighted by atomic mass is 19.3. The first-order valence-electron chi connectivity index (χ1n) is 3.67. The molecule has 0 aromatic heterocycles. The van der Waals surface area contributed by atoms with E-state index in [1.54, 1.807) is 0 Å². The molecule has 0 unspecified atom stereocenters. The fraction of sp³-hybridized carbons (Fsp3) is 0.857. The lowest BCUT2D eigenvalue weighted by Crippen LogP contribution is -2.17. The maximum Gasteiger partial charge on any atom is 0.351 e. The zero-order valence-corrected chi connectivity index (χ0v) is 5.81. The average molecular weight is 146 g/mol. The lowest BCUT2D eigenvalue weighted by atomic mass is 9.90. The summed E-state index contributed by atoms with van der Waals surface area (Å²) in [5.41, 5.74) is 0. The molecule has 1 aliphatic carbocycles. The van der Waals surface area contributed by atoms with E-state index in [9.17, 15) is 9.32 Å². The van der Waals surface area contributed by atoms with Crippen molar-refractivity contribution >= 4 is 5.97 Å². The number of hydrogen-bond acceptors (Lipinski definition) is 2. The van der Waals surface area contributed by atoms with Gasteiger partial charge < -0.3 is 0 Å². The predicted molar refractivity (Wildman–Crippen MR) is 33.8 cm³/mol. The van der Waals surface area contributed by atoms with Crippen molar-refractivity contribution in [3.8, 4) is 0 Å². The van der Waals surface area contributed by atoms with Crippen molar-refractivity contribution in [3.05, 3.63) is 0 Å². The normalized spacial score (nSPS) is 20.5. The first-order chi connectivity index (χ1) is 4.84. The fourth-order valence-corrected chi connectivity index (χ4v) is 1.40. The van der Waals surface area contributed by atoms with Crippen molar-refractivity contribution in [2.45, 2.75) is 32.1 Å². The molecule has 0 bridgehead atoms. The highest BCUT2D eigenvalue weighted by molar-refractivity contribution is 5.71. The Hall–Kier alpha value is -0.600. The van der Waals surface area contributed by atoms with Crippen molar-refractivity contribution in [1.82, 2.24) is 0 Å². The molecular weight excluding hydrogens is 135 g/mol. The van der Waals surface area contributed by atoms with E-state index in [4.69, 9.17) is 0 Å². The zero-order chi connectivity index (χ0) is 7.40. The zero-order valence-electron chi connectivity index (χ0n) is 5.81. The first kappa shape index (κ1) is 7.51. The van der Waals surface area contributed by atoms with Gasteiger partial charge in [0.25, 0.3) is 0 Å². The van der Waals surface area contributed by atoms with Gasteiger partial charge in [0.1, 0.15) is 0 Å². The van der Waals surface area contributed by atoms with Crippen LogP contribution in [0.25, 0.3) is 0 Å². The third kappa shape index (κ3) is 1.69. The minimum absolute atomic E-state index is 0.168. The molecule has 0 spiro atoms. The van der Waals surface area contributed by atoms with Crippen molar-refractivity contribution in [1.29, 1.82) is 0 Å². The lowest BCUT2D eigenvalue weighted by molar-refractivity contribution is -0.190. The van der Waals surface area contributed by atoms with E-state index in [1.807, 2.05) is 0 Å². The molecule has 3 heteroatoms. The molecule has 0 aromatic rings. The Morgan fingerprint density at radius 3 is 2.40 bits per heavy atom. The number of hydrogen-bond donors (Lipinski definition) is 0. The van der Waals surface area contributed by atoms with E-state index >= 15 is 0 Å². The predicted octanol–water partition coefficient (Wildman–Crippen LogP) is 1.99. The molecule has 1 saturated carbocycles. The Morgan fingerprint density at radius 1 is 1.30 bits per heavy atom. The summed E-state index contributed by atoms with van der Waals surface area (Å²) in [5.74, 6) is -0.849. The summed E-state index contributed by atoms with van der Waals surface area (Å²) in [5, 5.41) is 0. The molecule has 10 heavy (non-hydrogen) atoms. The SMILES string of the molecule is O=C(OF)C1CCCCC1. The van der Waals surface area contributed by atoms with Gasteiger partial charge in [-0.15, -0.1) is 0 Å². The van der Waals surface area contributed by atoms with E-state index in [1.165, 1.54) is 0 Å². The minimum Gasteiger partial charge on any atom is -0.255 e. The number of carbonyl (C=O) groups excluding carboxylic acids is 1. The number of carbonyl (C=O) groups is 1. The third-order valence-corrected chi connectivity index (χ3v) is 2.01. The lowest BCUT2D eigenvalue weighted by Gasteiger charge is -2.16. The average Bonchev–Trinajstić information content (AvgIpc) is 2.05. The van der Waals surface area contributed by atoms with Crippen LogP contribution in [0.2, 0.25) is 0 Å². The van der Waals surface area contributed by atoms with Crippen molar-refractivity contribution in [3.63, 3.8) is 0 Å². The maximum atomic E-state index is 11.3. The summed E-state index contributed by atoms with van der Waals surface area (Å²) in [6, 6.07) is 0. The van der Waals surface area contributed by atoms with Crippen molar-refractivity contribution in [2.75, 3.05) is 0 Å². The molecule has 0 aliphatic heterocycles. The summed E-state index contributed by atoms with van der Waals surface area (Å²) < 4.78 is 11.3. The van der Waals surface area contributed by atoms with Crippen LogP contribution < -0.4 is 0 Å². The molecule has 58 valence electrons. The van der Waals surface area contributed by atoms with Gasteiger partial charge >= 0.3 is 5.97 Å². The second-order valence-corrected chi connectivity index (χ2v) is 2.73. The fourth-order valence-electron chi connectivity index (χ4n) is 1.40. The molecule has 0 amide bonds. The van der Waals surface area contributed by atoms with Crippen molar-refractivity contribution in [2.24, 2.45) is 5.92 Å². The Balaban J connectivity index is 2.31. The topological polar surface area (TPSA) is 26.3 Å². The summed E-state index contributed by atoms with van der Waals surface area (Å²) >= 11 is 0. The highest BCUT2D eigenvalue weighted by Crippen LogP contribution is 2.24. The van der Waals surface area contributed by atoms with E-state index in [2.05, 4.69) is 4.94 Å². The molecule has 0 saturated heterocycles. The van der Waals surface area contributed by atoms with E-state index < -0.39 is 5.97 Å². The minimum atomic E-state index is -0.681. The van der Waals surface area contributed by atoms with Gasteiger partial charge in [0.2, 0.25) is 0 Å². The van der Waals surface area contributed by atoms with E-state index in [-0.39, 0.29) is 5.92 Å². The van der Waals surface area contributed by atoms with Crippen LogP contribution >= 0.6 is 0 Å². The molecule has 0 atom stereocenters. The van der Waals surface area contributed by atoms with Crippen LogP contribution in [0.4, 0.5) is 4.53 Å². The smallest absolute Gasteiger partial charge is 0.255 e. The van der Waals surface area contributed by atoms with Gasteiger partial charge in [0.05, 0.1) is 5.92 Å². The second-order valence-electron chi connectivity index (χ2n) is 2.73. The van der Waals surface area contributed by atoms with E-state index in [0.29, 0.717) is 0 Å². The standard InChI is InChI=1S/C7H11FO2/c8-10-7(9)6-4-2-1-3-5-6/h6H,1-5H2. The molecule has 0 radical (unpaired) electrons. The van der Waals surface area contributed by atoms with Crippen LogP contribution in [-0.2, 0) is 9.74 Å². The van der Waals surface area contributed by atoms with Crippen LogP contribution in [-0.4, -0.2) is 5.97 Å². The number of halogens is 1. The van der Waals surface area contributed by atoms with Crippen LogP contribution in [0, 0.1) is 5.92 Å². The molecular formula is C7H11FO2.